The van der Waals surface area contributed by atoms with E-state index in [1.807, 2.05) is 17.7 Å². The number of aromatic nitrogens is 3. The van der Waals surface area contributed by atoms with Crippen LogP contribution in [0, 0.1) is 6.92 Å². The number of hydrogen-bond acceptors (Lipinski definition) is 3. The van der Waals surface area contributed by atoms with Gasteiger partial charge in [-0.1, -0.05) is 0 Å². The molecule has 0 saturated carbocycles. The first-order valence-corrected chi connectivity index (χ1v) is 5.49. The molecule has 0 atom stereocenters. The number of carboxylic acids is 1. The lowest BCUT2D eigenvalue weighted by atomic mass is 10.3. The highest BCUT2D eigenvalue weighted by Crippen LogP contribution is 1.99. The second-order valence-electron chi connectivity index (χ2n) is 3.92. The Hall–Kier alpha value is -2.37. The van der Waals surface area contributed by atoms with Gasteiger partial charge in [0.05, 0.1) is 5.56 Å². The highest BCUT2D eigenvalue weighted by atomic mass is 16.4. The summed E-state index contributed by atoms with van der Waals surface area (Å²) in [4.78, 5) is 26.5. The lowest BCUT2D eigenvalue weighted by molar-refractivity contribution is 0.0695. The van der Waals surface area contributed by atoms with E-state index in [-0.39, 0.29) is 11.1 Å². The summed E-state index contributed by atoms with van der Waals surface area (Å²) in [5.74, 6) is -0.181. The molecule has 1 N–H and O–H groups in total. The van der Waals surface area contributed by atoms with Gasteiger partial charge in [0.1, 0.15) is 5.82 Å². The SMILES string of the molecule is Cc1nccn1CCn1cc(C(=O)O)ccc1=O. The Balaban J connectivity index is 2.19. The highest BCUT2D eigenvalue weighted by Gasteiger charge is 2.05. The van der Waals surface area contributed by atoms with Gasteiger partial charge in [0.15, 0.2) is 0 Å². The third-order valence-electron chi connectivity index (χ3n) is 2.74. The van der Waals surface area contributed by atoms with E-state index < -0.39 is 5.97 Å². The van der Waals surface area contributed by atoms with Gasteiger partial charge in [-0.2, -0.15) is 0 Å². The fourth-order valence-electron chi connectivity index (χ4n) is 1.69. The predicted octanol–water partition coefficient (Wildman–Crippen LogP) is 0.752. The largest absolute Gasteiger partial charge is 0.478 e. The molecule has 0 amide bonds. The first-order valence-electron chi connectivity index (χ1n) is 5.49. The molecule has 6 heteroatoms. The van der Waals surface area contributed by atoms with Crippen LogP contribution in [0.15, 0.2) is 35.5 Å². The lowest BCUT2D eigenvalue weighted by Crippen LogP contribution is -2.22. The average Bonchev–Trinajstić information content (AvgIpc) is 2.73. The van der Waals surface area contributed by atoms with Crippen LogP contribution in [0.25, 0.3) is 0 Å². The summed E-state index contributed by atoms with van der Waals surface area (Å²) in [6.07, 6.45) is 4.87. The fourth-order valence-corrected chi connectivity index (χ4v) is 1.69. The van der Waals surface area contributed by atoms with Crippen molar-refractivity contribution < 1.29 is 9.90 Å². The molecule has 0 fully saturated rings. The van der Waals surface area contributed by atoms with Gasteiger partial charge in [-0.3, -0.25) is 4.79 Å². The Kier molecular flexibility index (Phi) is 3.27. The number of carboxylic acid groups (broad SMARTS) is 1. The van der Waals surface area contributed by atoms with Gasteiger partial charge in [0.2, 0.25) is 0 Å². The Morgan fingerprint density at radius 2 is 2.06 bits per heavy atom. The standard InChI is InChI=1S/C12H13N3O3/c1-9-13-4-5-14(9)6-7-15-8-10(12(17)18)2-3-11(15)16/h2-5,8H,6-7H2,1H3,(H,17,18). The Morgan fingerprint density at radius 3 is 2.67 bits per heavy atom. The maximum atomic E-state index is 11.6. The first kappa shape index (κ1) is 12.1. The monoisotopic (exact) mass is 247 g/mol. The van der Waals surface area contributed by atoms with Crippen molar-refractivity contribution >= 4 is 5.97 Å². The van der Waals surface area contributed by atoms with Crippen LogP contribution < -0.4 is 5.56 Å². The van der Waals surface area contributed by atoms with Crippen molar-refractivity contribution in [2.45, 2.75) is 20.0 Å². The summed E-state index contributed by atoms with van der Waals surface area (Å²) >= 11 is 0. The van der Waals surface area contributed by atoms with Gasteiger partial charge in [0.25, 0.3) is 5.56 Å². The minimum Gasteiger partial charge on any atom is -0.478 e. The molecule has 18 heavy (non-hydrogen) atoms. The molecule has 0 unspecified atom stereocenters. The topological polar surface area (TPSA) is 77.1 Å². The second-order valence-corrected chi connectivity index (χ2v) is 3.92. The number of rotatable bonds is 4. The van der Waals surface area contributed by atoms with Gasteiger partial charge in [-0.15, -0.1) is 0 Å². The molecule has 2 aromatic rings. The predicted molar refractivity (Wildman–Crippen MR) is 64.6 cm³/mol. The third-order valence-corrected chi connectivity index (χ3v) is 2.74. The normalized spacial score (nSPS) is 10.5. The Bertz CT molecular complexity index is 627. The van der Waals surface area contributed by atoms with Crippen LogP contribution in [-0.2, 0) is 13.1 Å². The molecule has 0 bridgehead atoms. The van der Waals surface area contributed by atoms with Crippen molar-refractivity contribution in [1.82, 2.24) is 14.1 Å². The minimum atomic E-state index is -1.04. The minimum absolute atomic E-state index is 0.108. The van der Waals surface area contributed by atoms with Gasteiger partial charge < -0.3 is 14.2 Å². The van der Waals surface area contributed by atoms with Gasteiger partial charge >= 0.3 is 5.97 Å². The van der Waals surface area contributed by atoms with Gasteiger partial charge in [-0.25, -0.2) is 9.78 Å². The van der Waals surface area contributed by atoms with E-state index in [4.69, 9.17) is 5.11 Å². The molecule has 0 aliphatic carbocycles. The molecule has 94 valence electrons. The molecule has 0 saturated heterocycles. The Morgan fingerprint density at radius 1 is 1.33 bits per heavy atom. The van der Waals surface area contributed by atoms with Crippen molar-refractivity contribution in [3.63, 3.8) is 0 Å². The molecular formula is C12H13N3O3. The fraction of sp³-hybridized carbons (Fsp3) is 0.250. The number of carbonyl (C=O) groups is 1. The smallest absolute Gasteiger partial charge is 0.337 e. The van der Waals surface area contributed by atoms with Crippen LogP contribution in [0.2, 0.25) is 0 Å². The van der Waals surface area contributed by atoms with Crippen LogP contribution in [0.5, 0.6) is 0 Å². The van der Waals surface area contributed by atoms with E-state index in [2.05, 4.69) is 4.98 Å². The van der Waals surface area contributed by atoms with Crippen molar-refractivity contribution in [2.24, 2.45) is 0 Å². The van der Waals surface area contributed by atoms with Crippen LogP contribution in [0.4, 0.5) is 0 Å². The zero-order chi connectivity index (χ0) is 13.1. The number of aryl methyl sites for hydroxylation is 3. The first-order chi connectivity index (χ1) is 8.58. The molecule has 2 heterocycles. The van der Waals surface area contributed by atoms with Crippen LogP contribution >= 0.6 is 0 Å². The summed E-state index contributed by atoms with van der Waals surface area (Å²) in [5.41, 5.74) is -0.102. The van der Waals surface area contributed by atoms with E-state index in [1.165, 1.54) is 22.9 Å². The molecule has 2 aromatic heterocycles. The summed E-state index contributed by atoms with van der Waals surface area (Å²) in [6.45, 7) is 2.86. The van der Waals surface area contributed by atoms with E-state index in [9.17, 15) is 9.59 Å². The van der Waals surface area contributed by atoms with Crippen LogP contribution in [-0.4, -0.2) is 25.2 Å². The number of aromatic carboxylic acids is 1. The van der Waals surface area contributed by atoms with E-state index >= 15 is 0 Å². The van der Waals surface area contributed by atoms with E-state index in [0.29, 0.717) is 13.1 Å². The maximum Gasteiger partial charge on any atom is 0.337 e. The quantitative estimate of drug-likeness (QED) is 0.865. The van der Waals surface area contributed by atoms with E-state index in [1.54, 1.807) is 6.20 Å². The molecule has 0 aromatic carbocycles. The highest BCUT2D eigenvalue weighted by molar-refractivity contribution is 5.87. The lowest BCUT2D eigenvalue weighted by Gasteiger charge is -2.08. The van der Waals surface area contributed by atoms with Crippen molar-refractivity contribution in [2.75, 3.05) is 0 Å². The van der Waals surface area contributed by atoms with Gasteiger partial charge in [-0.05, 0) is 13.0 Å². The summed E-state index contributed by atoms with van der Waals surface area (Å²) in [7, 11) is 0. The van der Waals surface area contributed by atoms with Crippen molar-refractivity contribution in [3.8, 4) is 0 Å². The van der Waals surface area contributed by atoms with E-state index in [0.717, 1.165) is 5.82 Å². The summed E-state index contributed by atoms with van der Waals surface area (Å²) in [6, 6.07) is 2.58. The van der Waals surface area contributed by atoms with Crippen LogP contribution in [0.1, 0.15) is 16.2 Å². The molecule has 6 nitrogen and oxygen atoms in total. The van der Waals surface area contributed by atoms with Crippen molar-refractivity contribution in [1.29, 1.82) is 0 Å². The van der Waals surface area contributed by atoms with Gasteiger partial charge in [0, 0.05) is 37.7 Å². The number of imidazole rings is 1. The molecular weight excluding hydrogens is 234 g/mol. The van der Waals surface area contributed by atoms with Crippen molar-refractivity contribution in [3.05, 3.63) is 52.5 Å². The molecule has 0 spiro atoms. The zero-order valence-corrected chi connectivity index (χ0v) is 9.91. The molecule has 0 aliphatic heterocycles. The molecule has 0 aliphatic rings. The summed E-state index contributed by atoms with van der Waals surface area (Å²) < 4.78 is 3.29. The second kappa shape index (κ2) is 4.87. The number of nitrogens with zero attached hydrogens (tertiary/aromatic N) is 3. The maximum absolute atomic E-state index is 11.6. The Labute approximate surface area is 103 Å². The molecule has 2 rings (SSSR count). The third kappa shape index (κ3) is 2.48. The number of hydrogen-bond donors (Lipinski definition) is 1. The van der Waals surface area contributed by atoms with Crippen LogP contribution in [0.3, 0.4) is 0 Å². The number of pyridine rings is 1. The molecule has 0 radical (unpaired) electrons. The zero-order valence-electron chi connectivity index (χ0n) is 9.91. The average molecular weight is 247 g/mol. The summed E-state index contributed by atoms with van der Waals surface area (Å²) in [5, 5.41) is 8.87.